The maximum absolute atomic E-state index is 8.64. The first-order valence-corrected chi connectivity index (χ1v) is 6.98. The van der Waals surface area contributed by atoms with Crippen molar-refractivity contribution in [1.29, 1.82) is 5.41 Å². The first-order chi connectivity index (χ1) is 10.4. The van der Waals surface area contributed by atoms with Gasteiger partial charge < -0.3 is 4.98 Å². The van der Waals surface area contributed by atoms with Crippen LogP contribution in [-0.4, -0.2) is 10.7 Å². The first-order valence-electron chi connectivity index (χ1n) is 6.98. The summed E-state index contributed by atoms with van der Waals surface area (Å²) in [6.07, 6.45) is 1.94. The van der Waals surface area contributed by atoms with Crippen molar-refractivity contribution in [1.82, 2.24) is 4.98 Å². The average molecular weight is 270 g/mol. The van der Waals surface area contributed by atoms with Gasteiger partial charge in [0.15, 0.2) is 0 Å². The fourth-order valence-electron chi connectivity index (χ4n) is 2.95. The molecule has 1 aliphatic carbocycles. The molecule has 0 bridgehead atoms. The lowest BCUT2D eigenvalue weighted by atomic mass is 9.99. The first kappa shape index (κ1) is 11.9. The molecule has 1 heterocycles. The van der Waals surface area contributed by atoms with E-state index in [9.17, 15) is 0 Å². The number of aromatic amines is 1. The van der Waals surface area contributed by atoms with Crippen LogP contribution >= 0.6 is 0 Å². The summed E-state index contributed by atoms with van der Waals surface area (Å²) >= 11 is 0. The smallest absolute Gasteiger partial charge is 0.0697 e. The van der Waals surface area contributed by atoms with Gasteiger partial charge in [-0.2, -0.15) is 0 Å². The highest BCUT2D eigenvalue weighted by Crippen LogP contribution is 2.38. The minimum atomic E-state index is 0.571. The molecule has 4 rings (SSSR count). The lowest BCUT2D eigenvalue weighted by Gasteiger charge is -2.06. The molecule has 100 valence electrons. The van der Waals surface area contributed by atoms with Crippen molar-refractivity contribution in [3.63, 3.8) is 0 Å². The number of nitrogens with one attached hydrogen (secondary N) is 2. The van der Waals surface area contributed by atoms with Crippen LogP contribution in [0.3, 0.4) is 0 Å². The zero-order chi connectivity index (χ0) is 14.2. The molecule has 0 aromatic heterocycles. The molecular weight excluding hydrogens is 256 g/mol. The Labute approximate surface area is 122 Å². The number of H-pyrrole nitrogens is 1. The van der Waals surface area contributed by atoms with Crippen LogP contribution in [0, 0.1) is 5.41 Å². The second-order valence-electron chi connectivity index (χ2n) is 5.12. The van der Waals surface area contributed by atoms with Gasteiger partial charge in [-0.25, -0.2) is 0 Å². The van der Waals surface area contributed by atoms with E-state index in [0.29, 0.717) is 5.71 Å². The summed E-state index contributed by atoms with van der Waals surface area (Å²) in [5.41, 5.74) is 4.72. The van der Waals surface area contributed by atoms with Crippen LogP contribution in [-0.2, 0) is 0 Å². The summed E-state index contributed by atoms with van der Waals surface area (Å²) < 4.78 is 0. The van der Waals surface area contributed by atoms with Crippen LogP contribution in [0.1, 0.15) is 11.1 Å². The number of hydrogen-bond donors (Lipinski definition) is 2. The SMILES string of the molecule is N=C(c1ccccc1)c1c2ccc[nH]c-2c2ccccc12. The van der Waals surface area contributed by atoms with E-state index in [0.717, 1.165) is 27.8 Å². The molecule has 0 saturated heterocycles. The van der Waals surface area contributed by atoms with Gasteiger partial charge in [-0.1, -0.05) is 60.7 Å². The Bertz CT molecular complexity index is 903. The van der Waals surface area contributed by atoms with E-state index in [1.54, 1.807) is 0 Å². The van der Waals surface area contributed by atoms with E-state index in [1.165, 1.54) is 5.39 Å². The quantitative estimate of drug-likeness (QED) is 0.496. The van der Waals surface area contributed by atoms with Gasteiger partial charge in [0.05, 0.1) is 11.4 Å². The molecule has 0 spiro atoms. The van der Waals surface area contributed by atoms with Crippen molar-refractivity contribution in [2.45, 2.75) is 0 Å². The fraction of sp³-hybridized carbons (Fsp3) is 0. The van der Waals surface area contributed by atoms with E-state index in [4.69, 9.17) is 5.41 Å². The van der Waals surface area contributed by atoms with Gasteiger partial charge in [-0.15, -0.1) is 0 Å². The fourth-order valence-corrected chi connectivity index (χ4v) is 2.95. The van der Waals surface area contributed by atoms with Crippen LogP contribution in [0.15, 0.2) is 72.9 Å². The third kappa shape index (κ3) is 1.77. The van der Waals surface area contributed by atoms with Gasteiger partial charge in [-0.3, -0.25) is 5.41 Å². The second kappa shape index (κ2) is 4.60. The minimum absolute atomic E-state index is 0.571. The summed E-state index contributed by atoms with van der Waals surface area (Å²) in [4.78, 5) is 3.32. The second-order valence-corrected chi connectivity index (χ2v) is 5.12. The molecule has 2 nitrogen and oxygen atoms in total. The zero-order valence-electron chi connectivity index (χ0n) is 11.4. The predicted molar refractivity (Wildman–Crippen MR) is 87.3 cm³/mol. The number of pyridine rings is 1. The number of hydrogen-bond acceptors (Lipinski definition) is 1. The van der Waals surface area contributed by atoms with Crippen molar-refractivity contribution in [3.05, 3.63) is 84.1 Å². The molecule has 2 heteroatoms. The van der Waals surface area contributed by atoms with Crippen LogP contribution < -0.4 is 0 Å². The molecule has 2 aliphatic rings. The lowest BCUT2D eigenvalue weighted by molar-refractivity contribution is 1.35. The monoisotopic (exact) mass is 270 g/mol. The molecule has 21 heavy (non-hydrogen) atoms. The minimum Gasteiger partial charge on any atom is -0.361 e. The number of aromatic nitrogens is 1. The summed E-state index contributed by atoms with van der Waals surface area (Å²) in [7, 11) is 0. The predicted octanol–water partition coefficient (Wildman–Crippen LogP) is 4.69. The molecule has 0 radical (unpaired) electrons. The summed E-state index contributed by atoms with van der Waals surface area (Å²) in [5.74, 6) is 0. The van der Waals surface area contributed by atoms with Gasteiger partial charge >= 0.3 is 0 Å². The van der Waals surface area contributed by atoms with Crippen LogP contribution in [0.5, 0.6) is 0 Å². The van der Waals surface area contributed by atoms with E-state index in [-0.39, 0.29) is 0 Å². The topological polar surface area (TPSA) is 39.6 Å². The van der Waals surface area contributed by atoms with Gasteiger partial charge in [0.1, 0.15) is 0 Å². The van der Waals surface area contributed by atoms with Crippen molar-refractivity contribution in [2.75, 3.05) is 0 Å². The standard InChI is InChI=1S/C19H14N2/c20-18(13-7-2-1-3-8-13)17-14-9-4-5-10-15(14)19-16(17)11-6-12-21-19/h1-12,20-21H. The molecule has 0 fully saturated rings. The largest absolute Gasteiger partial charge is 0.361 e. The Hall–Kier alpha value is -2.87. The molecule has 0 atom stereocenters. The van der Waals surface area contributed by atoms with E-state index in [2.05, 4.69) is 23.2 Å². The normalized spacial score (nSPS) is 11.0. The summed E-state index contributed by atoms with van der Waals surface area (Å²) in [6.45, 7) is 0. The maximum atomic E-state index is 8.64. The third-order valence-electron chi connectivity index (χ3n) is 3.90. The van der Waals surface area contributed by atoms with Crippen molar-refractivity contribution in [3.8, 4) is 11.3 Å². The lowest BCUT2D eigenvalue weighted by Crippen LogP contribution is -2.01. The Morgan fingerprint density at radius 2 is 1.48 bits per heavy atom. The molecule has 1 aliphatic heterocycles. The van der Waals surface area contributed by atoms with Gasteiger partial charge in [-0.05, 0) is 11.5 Å². The Morgan fingerprint density at radius 1 is 0.762 bits per heavy atom. The molecule has 2 aromatic rings. The molecular formula is C19H14N2. The maximum Gasteiger partial charge on any atom is 0.0697 e. The van der Waals surface area contributed by atoms with Gasteiger partial charge in [0.2, 0.25) is 0 Å². The highest BCUT2D eigenvalue weighted by molar-refractivity contribution is 6.25. The molecule has 0 unspecified atom stereocenters. The Morgan fingerprint density at radius 3 is 2.29 bits per heavy atom. The highest BCUT2D eigenvalue weighted by atomic mass is 14.7. The number of rotatable bonds is 2. The molecule has 2 aromatic carbocycles. The molecule has 0 saturated carbocycles. The van der Waals surface area contributed by atoms with E-state index < -0.39 is 0 Å². The van der Waals surface area contributed by atoms with Crippen molar-refractivity contribution < 1.29 is 0 Å². The Kier molecular flexibility index (Phi) is 2.61. The van der Waals surface area contributed by atoms with Crippen LogP contribution in [0.2, 0.25) is 0 Å². The number of benzene rings is 2. The van der Waals surface area contributed by atoms with Crippen LogP contribution in [0.25, 0.3) is 22.0 Å². The van der Waals surface area contributed by atoms with Crippen molar-refractivity contribution in [2.24, 2.45) is 0 Å². The van der Waals surface area contributed by atoms with E-state index >= 15 is 0 Å². The summed E-state index contributed by atoms with van der Waals surface area (Å²) in [6, 6.07) is 22.2. The zero-order valence-corrected chi connectivity index (χ0v) is 11.4. The molecule has 0 amide bonds. The van der Waals surface area contributed by atoms with Crippen molar-refractivity contribution >= 4 is 16.5 Å². The van der Waals surface area contributed by atoms with Gasteiger partial charge in [0.25, 0.3) is 0 Å². The summed E-state index contributed by atoms with van der Waals surface area (Å²) in [5, 5.41) is 10.9. The molecule has 2 N–H and O–H groups in total. The van der Waals surface area contributed by atoms with E-state index in [1.807, 2.05) is 54.7 Å². The number of fused-ring (bicyclic) bond motifs is 3. The highest BCUT2D eigenvalue weighted by Gasteiger charge is 2.20. The van der Waals surface area contributed by atoms with Gasteiger partial charge in [0, 0.05) is 28.3 Å². The average Bonchev–Trinajstić information content (AvgIpc) is 2.90. The third-order valence-corrected chi connectivity index (χ3v) is 3.90. The Balaban J connectivity index is 2.05. The van der Waals surface area contributed by atoms with Crippen LogP contribution in [0.4, 0.5) is 0 Å².